The topological polar surface area (TPSA) is 112 Å². The largest absolute Gasteiger partial charge is 0.481 e. The average molecular weight is 370 g/mol. The van der Waals surface area contributed by atoms with Gasteiger partial charge in [-0.2, -0.15) is 0 Å². The second-order valence-corrected chi connectivity index (χ2v) is 7.37. The summed E-state index contributed by atoms with van der Waals surface area (Å²) in [5, 5.41) is 23.6. The number of aromatic nitrogens is 4. The van der Waals surface area contributed by atoms with Crippen LogP contribution in [-0.2, 0) is 16.0 Å². The number of hydrogen-bond donors (Lipinski definition) is 3. The molecule has 0 saturated carbocycles. The van der Waals surface area contributed by atoms with Gasteiger partial charge in [0.25, 0.3) is 0 Å². The van der Waals surface area contributed by atoms with E-state index in [1.807, 2.05) is 20.8 Å². The molecule has 0 aliphatic heterocycles. The standard InChI is InChI=1S/C16H24ClN5O3/c1-9(14(23)24)5-7-16(3,4)15(25)18-8-6-11-19-20-13-12(17)10(2)21-22(11)13/h9,21H,5-8H2,1-4H3,(H,18,25)(H,23,24). The highest BCUT2D eigenvalue weighted by atomic mass is 35.5. The van der Waals surface area contributed by atoms with Crippen LogP contribution in [0.15, 0.2) is 0 Å². The maximum Gasteiger partial charge on any atom is 0.306 e. The molecule has 0 spiro atoms. The van der Waals surface area contributed by atoms with Crippen molar-refractivity contribution < 1.29 is 14.7 Å². The number of carboxylic acid groups (broad SMARTS) is 1. The third-order valence-corrected chi connectivity index (χ3v) is 4.86. The number of halogens is 1. The maximum absolute atomic E-state index is 12.4. The predicted molar refractivity (Wildman–Crippen MR) is 93.6 cm³/mol. The number of rotatable bonds is 8. The number of aryl methyl sites for hydroxylation is 1. The van der Waals surface area contributed by atoms with Gasteiger partial charge < -0.3 is 10.4 Å². The Bertz CT molecular complexity index is 780. The summed E-state index contributed by atoms with van der Waals surface area (Å²) in [5.74, 6) is -0.724. The number of carbonyl (C=O) groups excluding carboxylic acids is 1. The van der Waals surface area contributed by atoms with Crippen molar-refractivity contribution in [2.24, 2.45) is 11.3 Å². The van der Waals surface area contributed by atoms with Crippen LogP contribution in [0.5, 0.6) is 0 Å². The lowest BCUT2D eigenvalue weighted by atomic mass is 9.84. The molecule has 0 fully saturated rings. The van der Waals surface area contributed by atoms with Gasteiger partial charge in [-0.3, -0.25) is 14.7 Å². The van der Waals surface area contributed by atoms with Crippen molar-refractivity contribution >= 4 is 29.1 Å². The molecule has 0 aliphatic rings. The lowest BCUT2D eigenvalue weighted by Gasteiger charge is -2.24. The molecule has 1 amide bonds. The van der Waals surface area contributed by atoms with Gasteiger partial charge in [0, 0.05) is 18.4 Å². The minimum Gasteiger partial charge on any atom is -0.481 e. The number of H-pyrrole nitrogens is 1. The number of nitrogens with one attached hydrogen (secondary N) is 2. The van der Waals surface area contributed by atoms with Crippen LogP contribution in [0.3, 0.4) is 0 Å². The first kappa shape index (κ1) is 19.2. The summed E-state index contributed by atoms with van der Waals surface area (Å²) in [5.41, 5.74) is 0.755. The van der Waals surface area contributed by atoms with Crippen molar-refractivity contribution in [3.05, 3.63) is 16.5 Å². The van der Waals surface area contributed by atoms with Crippen LogP contribution in [0.1, 0.15) is 45.1 Å². The Kier molecular flexibility index (Phi) is 5.72. The summed E-state index contributed by atoms with van der Waals surface area (Å²) in [7, 11) is 0. The number of fused-ring (bicyclic) bond motifs is 1. The van der Waals surface area contributed by atoms with E-state index in [-0.39, 0.29) is 5.91 Å². The SMILES string of the molecule is Cc1[nH]n2c(CCNC(=O)C(C)(C)CCC(C)C(=O)O)nnc2c1Cl. The van der Waals surface area contributed by atoms with Crippen LogP contribution in [0.25, 0.3) is 5.65 Å². The molecule has 138 valence electrons. The van der Waals surface area contributed by atoms with E-state index >= 15 is 0 Å². The van der Waals surface area contributed by atoms with Crippen molar-refractivity contribution in [1.82, 2.24) is 25.1 Å². The van der Waals surface area contributed by atoms with Crippen LogP contribution >= 0.6 is 11.6 Å². The second kappa shape index (κ2) is 7.43. The number of carbonyl (C=O) groups is 2. The first-order valence-corrected chi connectivity index (χ1v) is 8.60. The molecule has 0 aromatic carbocycles. The monoisotopic (exact) mass is 369 g/mol. The molecule has 9 heteroatoms. The molecule has 1 unspecified atom stereocenters. The first-order chi connectivity index (χ1) is 11.6. The quantitative estimate of drug-likeness (QED) is 0.660. The van der Waals surface area contributed by atoms with E-state index in [4.69, 9.17) is 16.7 Å². The molecule has 25 heavy (non-hydrogen) atoms. The van der Waals surface area contributed by atoms with Crippen LogP contribution in [0.4, 0.5) is 0 Å². The highest BCUT2D eigenvalue weighted by molar-refractivity contribution is 6.34. The van der Waals surface area contributed by atoms with E-state index in [2.05, 4.69) is 20.6 Å². The molecule has 3 N–H and O–H groups in total. The number of amides is 1. The molecular formula is C16H24ClN5O3. The molecule has 2 rings (SSSR count). The molecule has 0 saturated heterocycles. The van der Waals surface area contributed by atoms with E-state index in [0.29, 0.717) is 42.3 Å². The number of nitrogens with zero attached hydrogens (tertiary/aromatic N) is 3. The highest BCUT2D eigenvalue weighted by Gasteiger charge is 2.28. The van der Waals surface area contributed by atoms with Gasteiger partial charge in [0.05, 0.1) is 11.6 Å². The van der Waals surface area contributed by atoms with Crippen molar-refractivity contribution in [1.29, 1.82) is 0 Å². The van der Waals surface area contributed by atoms with Gasteiger partial charge in [-0.05, 0) is 19.8 Å². The van der Waals surface area contributed by atoms with Crippen LogP contribution in [-0.4, -0.2) is 43.3 Å². The molecule has 0 radical (unpaired) electrons. The van der Waals surface area contributed by atoms with E-state index < -0.39 is 17.3 Å². The van der Waals surface area contributed by atoms with Gasteiger partial charge >= 0.3 is 5.97 Å². The van der Waals surface area contributed by atoms with Crippen molar-refractivity contribution in [2.45, 2.75) is 47.0 Å². The molecule has 2 aromatic heterocycles. The van der Waals surface area contributed by atoms with Gasteiger partial charge in [0.1, 0.15) is 5.02 Å². The Morgan fingerprint density at radius 2 is 2.08 bits per heavy atom. The maximum atomic E-state index is 12.4. The van der Waals surface area contributed by atoms with E-state index in [1.54, 1.807) is 11.4 Å². The molecule has 2 heterocycles. The summed E-state index contributed by atoms with van der Waals surface area (Å²) in [4.78, 5) is 23.3. The number of carboxylic acids is 1. The fraction of sp³-hybridized carbons (Fsp3) is 0.625. The lowest BCUT2D eigenvalue weighted by Crippen LogP contribution is -2.38. The van der Waals surface area contributed by atoms with Gasteiger partial charge in [-0.25, -0.2) is 4.52 Å². The average Bonchev–Trinajstić information content (AvgIpc) is 3.06. The fourth-order valence-corrected chi connectivity index (χ4v) is 2.63. The molecule has 0 bridgehead atoms. The molecule has 1 atom stereocenters. The van der Waals surface area contributed by atoms with Gasteiger partial charge in [0.15, 0.2) is 11.5 Å². The van der Waals surface area contributed by atoms with E-state index in [9.17, 15) is 9.59 Å². The van der Waals surface area contributed by atoms with Gasteiger partial charge in [-0.15, -0.1) is 10.2 Å². The predicted octanol–water partition coefficient (Wildman–Crippen LogP) is 2.21. The minimum atomic E-state index is -0.841. The number of aliphatic carboxylic acids is 1. The first-order valence-electron chi connectivity index (χ1n) is 8.22. The van der Waals surface area contributed by atoms with Crippen LogP contribution in [0.2, 0.25) is 5.02 Å². The summed E-state index contributed by atoms with van der Waals surface area (Å²) < 4.78 is 1.71. The van der Waals surface area contributed by atoms with Crippen molar-refractivity contribution in [2.75, 3.05) is 6.54 Å². The van der Waals surface area contributed by atoms with Gasteiger partial charge in [-0.1, -0.05) is 32.4 Å². The summed E-state index contributed by atoms with van der Waals surface area (Å²) >= 11 is 6.12. The summed E-state index contributed by atoms with van der Waals surface area (Å²) in [6.45, 7) is 7.55. The van der Waals surface area contributed by atoms with Gasteiger partial charge in [0.2, 0.25) is 5.91 Å². The number of aromatic amines is 1. The molecule has 2 aromatic rings. The van der Waals surface area contributed by atoms with Crippen molar-refractivity contribution in [3.8, 4) is 0 Å². The zero-order chi connectivity index (χ0) is 18.8. The molecule has 8 nitrogen and oxygen atoms in total. The Morgan fingerprint density at radius 3 is 2.72 bits per heavy atom. The molecular weight excluding hydrogens is 346 g/mol. The number of hydrogen-bond acceptors (Lipinski definition) is 4. The fourth-order valence-electron chi connectivity index (χ4n) is 2.46. The van der Waals surface area contributed by atoms with E-state index in [0.717, 1.165) is 5.69 Å². The third-order valence-electron chi connectivity index (χ3n) is 4.41. The second-order valence-electron chi connectivity index (χ2n) is 6.99. The Labute approximate surface area is 150 Å². The Morgan fingerprint density at radius 1 is 1.40 bits per heavy atom. The summed E-state index contributed by atoms with van der Waals surface area (Å²) in [6, 6.07) is 0. The van der Waals surface area contributed by atoms with Crippen LogP contribution < -0.4 is 5.32 Å². The third kappa shape index (κ3) is 4.31. The van der Waals surface area contributed by atoms with Crippen molar-refractivity contribution in [3.63, 3.8) is 0 Å². The smallest absolute Gasteiger partial charge is 0.306 e. The minimum absolute atomic E-state index is 0.105. The Hall–Kier alpha value is -2.09. The van der Waals surface area contributed by atoms with Crippen LogP contribution in [0, 0.1) is 18.3 Å². The summed E-state index contributed by atoms with van der Waals surface area (Å²) in [6.07, 6.45) is 1.47. The zero-order valence-electron chi connectivity index (χ0n) is 14.9. The normalized spacial score (nSPS) is 13.2. The van der Waals surface area contributed by atoms with E-state index in [1.165, 1.54) is 0 Å². The molecule has 0 aliphatic carbocycles. The zero-order valence-corrected chi connectivity index (χ0v) is 15.6. The lowest BCUT2D eigenvalue weighted by molar-refractivity contribution is -0.142. The Balaban J connectivity index is 1.88. The highest BCUT2D eigenvalue weighted by Crippen LogP contribution is 2.25.